The van der Waals surface area contributed by atoms with E-state index in [0.717, 1.165) is 17.4 Å². The zero-order chi connectivity index (χ0) is 8.97. The van der Waals surface area contributed by atoms with E-state index in [4.69, 9.17) is 0 Å². The first-order valence-corrected chi connectivity index (χ1v) is 4.42. The van der Waals surface area contributed by atoms with Gasteiger partial charge in [-0.1, -0.05) is 30.3 Å². The highest BCUT2D eigenvalue weighted by Gasteiger charge is 1.98. The fourth-order valence-electron chi connectivity index (χ4n) is 0.914. The van der Waals surface area contributed by atoms with Crippen LogP contribution in [0.4, 0.5) is 0 Å². The number of benzene rings is 1. The van der Waals surface area contributed by atoms with Gasteiger partial charge >= 0.3 is 0 Å². The van der Waals surface area contributed by atoms with Crippen LogP contribution in [0.25, 0.3) is 5.57 Å². The zero-order valence-corrected chi connectivity index (χ0v) is 8.34. The lowest BCUT2D eigenvalue weighted by Gasteiger charge is -2.00. The van der Waals surface area contributed by atoms with Gasteiger partial charge in [-0.2, -0.15) is 0 Å². The topological polar surface area (TPSA) is 17.1 Å². The lowest BCUT2D eigenvalue weighted by atomic mass is 10.1. The Labute approximate surface area is 80.2 Å². The van der Waals surface area contributed by atoms with Gasteiger partial charge in [-0.05, 0) is 34.0 Å². The molecule has 0 amide bonds. The molecule has 0 unspecified atom stereocenters. The second kappa shape index (κ2) is 4.21. The Morgan fingerprint density at radius 1 is 1.33 bits per heavy atom. The molecule has 0 spiro atoms. The van der Waals surface area contributed by atoms with Gasteiger partial charge in [0.1, 0.15) is 0 Å². The molecule has 0 fully saturated rings. The summed E-state index contributed by atoms with van der Waals surface area (Å²) in [6.45, 7) is 1.91. The maximum Gasteiger partial charge on any atom is 0.157 e. The molecule has 62 valence electrons. The van der Waals surface area contributed by atoms with Gasteiger partial charge in [0.15, 0.2) is 6.29 Å². The average Bonchev–Trinajstić information content (AvgIpc) is 2.17. The fourth-order valence-corrected chi connectivity index (χ4v) is 1.14. The van der Waals surface area contributed by atoms with E-state index in [0.29, 0.717) is 4.48 Å². The van der Waals surface area contributed by atoms with Crippen LogP contribution in [0.15, 0.2) is 34.8 Å². The minimum Gasteiger partial charge on any atom is -0.297 e. The Morgan fingerprint density at radius 2 is 1.92 bits per heavy atom. The highest BCUT2D eigenvalue weighted by molar-refractivity contribution is 9.12. The van der Waals surface area contributed by atoms with E-state index < -0.39 is 0 Å². The predicted octanol–water partition coefficient (Wildman–Crippen LogP) is 3.01. The smallest absolute Gasteiger partial charge is 0.157 e. The van der Waals surface area contributed by atoms with E-state index in [2.05, 4.69) is 15.9 Å². The Hall–Kier alpha value is -0.890. The Bertz CT molecular complexity index is 301. The monoisotopic (exact) mass is 224 g/mol. The summed E-state index contributed by atoms with van der Waals surface area (Å²) in [6, 6.07) is 9.79. The van der Waals surface area contributed by atoms with E-state index in [1.165, 1.54) is 0 Å². The van der Waals surface area contributed by atoms with Crippen molar-refractivity contribution in [2.24, 2.45) is 0 Å². The van der Waals surface area contributed by atoms with Crippen molar-refractivity contribution >= 4 is 27.8 Å². The molecular formula is C10H9BrO. The first-order valence-electron chi connectivity index (χ1n) is 3.62. The molecule has 0 heterocycles. The van der Waals surface area contributed by atoms with Gasteiger partial charge in [0.05, 0.1) is 4.48 Å². The van der Waals surface area contributed by atoms with E-state index >= 15 is 0 Å². The molecule has 0 aliphatic heterocycles. The highest BCUT2D eigenvalue weighted by Crippen LogP contribution is 2.19. The van der Waals surface area contributed by atoms with E-state index in [9.17, 15) is 4.79 Å². The van der Waals surface area contributed by atoms with Crippen LogP contribution in [0.3, 0.4) is 0 Å². The average molecular weight is 225 g/mol. The molecule has 0 bridgehead atoms. The summed E-state index contributed by atoms with van der Waals surface area (Å²) in [5, 5.41) is 0. The molecule has 12 heavy (non-hydrogen) atoms. The molecule has 0 radical (unpaired) electrons. The van der Waals surface area contributed by atoms with Crippen molar-refractivity contribution in [3.05, 3.63) is 40.4 Å². The van der Waals surface area contributed by atoms with Gasteiger partial charge in [0, 0.05) is 0 Å². The first-order chi connectivity index (χ1) is 5.75. The molecule has 0 saturated carbocycles. The SMILES string of the molecule is C/C(=C(/Br)C=O)c1ccccc1. The Kier molecular flexibility index (Phi) is 3.23. The minimum absolute atomic E-state index is 0.605. The van der Waals surface area contributed by atoms with Gasteiger partial charge in [0.2, 0.25) is 0 Å². The van der Waals surface area contributed by atoms with Crippen molar-refractivity contribution in [2.45, 2.75) is 6.92 Å². The second-order valence-corrected chi connectivity index (χ2v) is 3.31. The van der Waals surface area contributed by atoms with Crippen LogP contribution < -0.4 is 0 Å². The molecule has 1 aromatic carbocycles. The lowest BCUT2D eigenvalue weighted by molar-refractivity contribution is -0.104. The number of halogens is 1. The summed E-state index contributed by atoms with van der Waals surface area (Å²) in [5.41, 5.74) is 2.03. The van der Waals surface area contributed by atoms with Gasteiger partial charge in [0.25, 0.3) is 0 Å². The molecule has 0 atom stereocenters. The van der Waals surface area contributed by atoms with Crippen molar-refractivity contribution in [1.82, 2.24) is 0 Å². The minimum atomic E-state index is 0.605. The quantitative estimate of drug-likeness (QED) is 0.558. The number of allylic oxidation sites excluding steroid dienone is 2. The Morgan fingerprint density at radius 3 is 2.42 bits per heavy atom. The summed E-state index contributed by atoms with van der Waals surface area (Å²) >= 11 is 3.19. The van der Waals surface area contributed by atoms with Crippen LogP contribution in [-0.2, 0) is 4.79 Å². The Balaban J connectivity index is 3.08. The van der Waals surface area contributed by atoms with Gasteiger partial charge < -0.3 is 0 Å². The number of aldehydes is 1. The number of carbonyl (C=O) groups is 1. The van der Waals surface area contributed by atoms with E-state index in [1.807, 2.05) is 37.3 Å². The molecular weight excluding hydrogens is 216 g/mol. The molecule has 2 heteroatoms. The van der Waals surface area contributed by atoms with Crippen molar-refractivity contribution in [3.8, 4) is 0 Å². The van der Waals surface area contributed by atoms with E-state index in [1.54, 1.807) is 0 Å². The maximum atomic E-state index is 10.4. The second-order valence-electron chi connectivity index (χ2n) is 2.46. The van der Waals surface area contributed by atoms with Gasteiger partial charge in [-0.3, -0.25) is 4.79 Å². The summed E-state index contributed by atoms with van der Waals surface area (Å²) in [5.74, 6) is 0. The molecule has 0 aliphatic carbocycles. The third-order valence-electron chi connectivity index (χ3n) is 1.67. The summed E-state index contributed by atoms with van der Waals surface area (Å²) in [7, 11) is 0. The van der Waals surface area contributed by atoms with Crippen LogP contribution >= 0.6 is 15.9 Å². The molecule has 1 aromatic rings. The first kappa shape index (κ1) is 9.20. The van der Waals surface area contributed by atoms with Gasteiger partial charge in [-0.25, -0.2) is 0 Å². The summed E-state index contributed by atoms with van der Waals surface area (Å²) < 4.78 is 0.605. The van der Waals surface area contributed by atoms with Crippen LogP contribution in [0.5, 0.6) is 0 Å². The van der Waals surface area contributed by atoms with Crippen LogP contribution in [0, 0.1) is 0 Å². The van der Waals surface area contributed by atoms with Crippen LogP contribution in [0.1, 0.15) is 12.5 Å². The lowest BCUT2D eigenvalue weighted by Crippen LogP contribution is -1.82. The third-order valence-corrected chi connectivity index (χ3v) is 2.45. The normalized spacial score (nSPS) is 12.2. The van der Waals surface area contributed by atoms with E-state index in [-0.39, 0.29) is 0 Å². The molecule has 0 N–H and O–H groups in total. The van der Waals surface area contributed by atoms with Crippen LogP contribution in [-0.4, -0.2) is 6.29 Å². The van der Waals surface area contributed by atoms with Crippen molar-refractivity contribution in [3.63, 3.8) is 0 Å². The number of carbonyl (C=O) groups excluding carboxylic acids is 1. The predicted molar refractivity (Wildman–Crippen MR) is 54.0 cm³/mol. The highest BCUT2D eigenvalue weighted by atomic mass is 79.9. The van der Waals surface area contributed by atoms with Crippen molar-refractivity contribution in [1.29, 1.82) is 0 Å². The maximum absolute atomic E-state index is 10.4. The van der Waals surface area contributed by atoms with Gasteiger partial charge in [-0.15, -0.1) is 0 Å². The molecule has 0 aromatic heterocycles. The number of hydrogen-bond acceptors (Lipinski definition) is 1. The molecule has 1 nitrogen and oxygen atoms in total. The molecule has 0 aliphatic rings. The largest absolute Gasteiger partial charge is 0.297 e. The summed E-state index contributed by atoms with van der Waals surface area (Å²) in [6.07, 6.45) is 0.808. The standard InChI is InChI=1S/C10H9BrO/c1-8(10(11)7-12)9-5-3-2-4-6-9/h2-7H,1H3/b10-8-. The number of hydrogen-bond donors (Lipinski definition) is 0. The third kappa shape index (κ3) is 2.05. The fraction of sp³-hybridized carbons (Fsp3) is 0.100. The zero-order valence-electron chi connectivity index (χ0n) is 6.75. The molecule has 0 saturated heterocycles. The summed E-state index contributed by atoms with van der Waals surface area (Å²) in [4.78, 5) is 10.4. The van der Waals surface area contributed by atoms with Crippen molar-refractivity contribution < 1.29 is 4.79 Å². The van der Waals surface area contributed by atoms with Crippen LogP contribution in [0.2, 0.25) is 0 Å². The van der Waals surface area contributed by atoms with Crippen molar-refractivity contribution in [2.75, 3.05) is 0 Å². The number of rotatable bonds is 2. The molecule has 1 rings (SSSR count).